The number of aromatic nitrogens is 1. The first-order valence-electron chi connectivity index (χ1n) is 7.39. The molecule has 0 saturated carbocycles. The van der Waals surface area contributed by atoms with Crippen LogP contribution in [-0.2, 0) is 11.0 Å². The van der Waals surface area contributed by atoms with Crippen LogP contribution in [0.3, 0.4) is 0 Å². The molecule has 26 heavy (non-hydrogen) atoms. The molecule has 0 spiro atoms. The molecule has 0 saturated heterocycles. The summed E-state index contributed by atoms with van der Waals surface area (Å²) in [7, 11) is 0. The zero-order valence-electron chi connectivity index (χ0n) is 12.9. The van der Waals surface area contributed by atoms with Gasteiger partial charge in [0, 0.05) is 12.6 Å². The molecule has 4 nitrogen and oxygen atoms in total. The Morgan fingerprint density at radius 3 is 2.54 bits per heavy atom. The molecule has 0 fully saturated rings. The van der Waals surface area contributed by atoms with Gasteiger partial charge in [-0.2, -0.15) is 13.2 Å². The van der Waals surface area contributed by atoms with Gasteiger partial charge in [-0.25, -0.2) is 13.8 Å². The number of rotatable bonds is 4. The van der Waals surface area contributed by atoms with E-state index in [0.717, 1.165) is 18.2 Å². The van der Waals surface area contributed by atoms with Crippen LogP contribution < -0.4 is 5.32 Å². The Morgan fingerprint density at radius 2 is 1.92 bits per heavy atom. The highest BCUT2D eigenvalue weighted by atomic mass is 35.5. The van der Waals surface area contributed by atoms with Crippen LogP contribution in [0.2, 0.25) is 5.02 Å². The fourth-order valence-electron chi connectivity index (χ4n) is 2.39. The molecule has 138 valence electrons. The fourth-order valence-corrected chi connectivity index (χ4v) is 2.63. The summed E-state index contributed by atoms with van der Waals surface area (Å²) in [6, 6.07) is 4.21. The van der Waals surface area contributed by atoms with Crippen molar-refractivity contribution in [3.63, 3.8) is 0 Å². The summed E-state index contributed by atoms with van der Waals surface area (Å²) in [5.41, 5.74) is -1.12. The van der Waals surface area contributed by atoms with Crippen LogP contribution in [0.1, 0.15) is 17.5 Å². The van der Waals surface area contributed by atoms with Gasteiger partial charge in [-0.3, -0.25) is 0 Å². The van der Waals surface area contributed by atoms with Crippen LogP contribution in [0.5, 0.6) is 0 Å². The minimum atomic E-state index is -4.55. The van der Waals surface area contributed by atoms with Crippen molar-refractivity contribution < 1.29 is 26.8 Å². The lowest BCUT2D eigenvalue weighted by molar-refractivity contribution is -0.137. The molecule has 1 aliphatic rings. The highest BCUT2D eigenvalue weighted by molar-refractivity contribution is 6.32. The van der Waals surface area contributed by atoms with Crippen molar-refractivity contribution in [1.29, 1.82) is 0 Å². The lowest BCUT2D eigenvalue weighted by atomic mass is 10.0. The first-order valence-corrected chi connectivity index (χ1v) is 7.77. The Bertz CT molecular complexity index is 836. The standard InChI is InChI=1S/C16H11ClF5N3O/c17-10-4-8(16(20,21)22)6-23-15(10)24-7-9-5-13(25-26-9)14-11(18)2-1-3-12(14)19/h1-4,6,9H,5,7H2,(H,23,24). The normalized spacial score (nSPS) is 17.0. The van der Waals surface area contributed by atoms with Gasteiger partial charge in [0.25, 0.3) is 0 Å². The average molecular weight is 392 g/mol. The van der Waals surface area contributed by atoms with Crippen LogP contribution >= 0.6 is 11.6 Å². The first-order chi connectivity index (χ1) is 12.3. The van der Waals surface area contributed by atoms with Gasteiger partial charge in [0.05, 0.1) is 28.4 Å². The van der Waals surface area contributed by atoms with Crippen molar-refractivity contribution in [2.75, 3.05) is 11.9 Å². The molecular weight excluding hydrogens is 381 g/mol. The summed E-state index contributed by atoms with van der Waals surface area (Å²) >= 11 is 5.79. The maximum absolute atomic E-state index is 13.8. The van der Waals surface area contributed by atoms with Gasteiger partial charge >= 0.3 is 6.18 Å². The summed E-state index contributed by atoms with van der Waals surface area (Å²) in [6.07, 6.45) is -4.36. The van der Waals surface area contributed by atoms with Crippen LogP contribution in [-0.4, -0.2) is 23.3 Å². The number of benzene rings is 1. The molecule has 2 aromatic rings. The first kappa shape index (κ1) is 18.4. The molecule has 1 N–H and O–H groups in total. The lowest BCUT2D eigenvalue weighted by Gasteiger charge is -2.13. The van der Waals surface area contributed by atoms with Gasteiger partial charge in [-0.05, 0) is 18.2 Å². The topological polar surface area (TPSA) is 46.5 Å². The van der Waals surface area contributed by atoms with E-state index in [4.69, 9.17) is 16.4 Å². The highest BCUT2D eigenvalue weighted by Crippen LogP contribution is 2.32. The van der Waals surface area contributed by atoms with Crippen LogP contribution in [0.25, 0.3) is 0 Å². The third-order valence-corrected chi connectivity index (χ3v) is 3.94. The van der Waals surface area contributed by atoms with Gasteiger partial charge in [-0.15, -0.1) is 0 Å². The Balaban J connectivity index is 1.63. The summed E-state index contributed by atoms with van der Waals surface area (Å²) in [6.45, 7) is 0.0845. The zero-order valence-corrected chi connectivity index (χ0v) is 13.7. The van der Waals surface area contributed by atoms with E-state index in [2.05, 4.69) is 15.5 Å². The predicted molar refractivity (Wildman–Crippen MR) is 85.1 cm³/mol. The van der Waals surface area contributed by atoms with Crippen molar-refractivity contribution in [3.05, 3.63) is 58.2 Å². The van der Waals surface area contributed by atoms with E-state index in [1.807, 2.05) is 0 Å². The predicted octanol–water partition coefficient (Wildman–Crippen LogP) is 4.64. The third kappa shape index (κ3) is 3.87. The lowest BCUT2D eigenvalue weighted by Crippen LogP contribution is -2.21. The second-order valence-corrected chi connectivity index (χ2v) is 5.91. The molecule has 0 radical (unpaired) electrons. The van der Waals surface area contributed by atoms with E-state index in [0.29, 0.717) is 6.20 Å². The van der Waals surface area contributed by atoms with Crippen molar-refractivity contribution >= 4 is 23.1 Å². The molecule has 1 unspecified atom stereocenters. The van der Waals surface area contributed by atoms with Crippen molar-refractivity contribution in [2.24, 2.45) is 5.16 Å². The second kappa shape index (κ2) is 7.06. The Hall–Kier alpha value is -2.42. The third-order valence-electron chi connectivity index (χ3n) is 3.65. The van der Waals surface area contributed by atoms with E-state index < -0.39 is 29.5 Å². The average Bonchev–Trinajstić information content (AvgIpc) is 3.01. The van der Waals surface area contributed by atoms with Gasteiger partial charge in [0.1, 0.15) is 23.6 Å². The number of halogens is 6. The summed E-state index contributed by atoms with van der Waals surface area (Å²) in [4.78, 5) is 8.75. The van der Waals surface area contributed by atoms with Gasteiger partial charge < -0.3 is 10.2 Å². The number of nitrogens with one attached hydrogen (secondary N) is 1. The molecular formula is C16H11ClF5N3O. The maximum Gasteiger partial charge on any atom is 0.417 e. The smallest absolute Gasteiger partial charge is 0.390 e. The molecule has 0 aliphatic carbocycles. The summed E-state index contributed by atoms with van der Waals surface area (Å²) in [5, 5.41) is 6.21. The van der Waals surface area contributed by atoms with Gasteiger partial charge in [-0.1, -0.05) is 22.8 Å². The molecule has 1 aliphatic heterocycles. The maximum atomic E-state index is 13.8. The molecule has 0 amide bonds. The van der Waals surface area contributed by atoms with Crippen LogP contribution in [0.15, 0.2) is 35.6 Å². The number of pyridine rings is 1. The van der Waals surface area contributed by atoms with E-state index in [1.54, 1.807) is 0 Å². The Morgan fingerprint density at radius 1 is 1.23 bits per heavy atom. The van der Waals surface area contributed by atoms with E-state index in [-0.39, 0.29) is 35.1 Å². The minimum absolute atomic E-state index is 0.0359. The SMILES string of the molecule is Fc1cccc(F)c1C1=NOC(CNc2ncc(C(F)(F)F)cc2Cl)C1. The number of anilines is 1. The number of oxime groups is 1. The second-order valence-electron chi connectivity index (χ2n) is 5.50. The molecule has 10 heteroatoms. The summed E-state index contributed by atoms with van der Waals surface area (Å²) < 4.78 is 65.3. The Labute approximate surface area is 149 Å². The van der Waals surface area contributed by atoms with Crippen molar-refractivity contribution in [3.8, 4) is 0 Å². The molecule has 3 rings (SSSR count). The van der Waals surface area contributed by atoms with Crippen LogP contribution in [0.4, 0.5) is 27.8 Å². The molecule has 1 aromatic carbocycles. The number of hydrogen-bond acceptors (Lipinski definition) is 4. The molecule has 2 heterocycles. The van der Waals surface area contributed by atoms with Gasteiger partial charge in [0.15, 0.2) is 0 Å². The van der Waals surface area contributed by atoms with E-state index in [1.165, 1.54) is 6.07 Å². The van der Waals surface area contributed by atoms with Gasteiger partial charge in [0.2, 0.25) is 0 Å². The number of alkyl halides is 3. The number of nitrogens with zero attached hydrogens (tertiary/aromatic N) is 2. The minimum Gasteiger partial charge on any atom is -0.390 e. The highest BCUT2D eigenvalue weighted by Gasteiger charge is 2.32. The van der Waals surface area contributed by atoms with E-state index in [9.17, 15) is 22.0 Å². The fraction of sp³-hybridized carbons (Fsp3) is 0.250. The quantitative estimate of drug-likeness (QED) is 0.772. The number of hydrogen-bond donors (Lipinski definition) is 1. The molecule has 1 atom stereocenters. The molecule has 1 aromatic heterocycles. The van der Waals surface area contributed by atoms with Crippen LogP contribution in [0, 0.1) is 11.6 Å². The summed E-state index contributed by atoms with van der Waals surface area (Å²) in [5.74, 6) is -1.48. The van der Waals surface area contributed by atoms with Crippen molar-refractivity contribution in [1.82, 2.24) is 4.98 Å². The van der Waals surface area contributed by atoms with E-state index >= 15 is 0 Å². The largest absolute Gasteiger partial charge is 0.417 e. The monoisotopic (exact) mass is 391 g/mol. The zero-order chi connectivity index (χ0) is 18.9. The van der Waals surface area contributed by atoms with Crippen molar-refractivity contribution in [2.45, 2.75) is 18.7 Å². The Kier molecular flexibility index (Phi) is 4.99. The molecule has 0 bridgehead atoms.